The molecule has 4 aromatic rings. The molecule has 4 nitrogen and oxygen atoms in total. The van der Waals surface area contributed by atoms with Crippen molar-refractivity contribution in [3.05, 3.63) is 109 Å². The third kappa shape index (κ3) is 3.75. The van der Waals surface area contributed by atoms with E-state index in [0.717, 1.165) is 22.5 Å². The predicted octanol–water partition coefficient (Wildman–Crippen LogP) is 4.83. The first-order valence-electron chi connectivity index (χ1n) is 8.64. The highest BCUT2D eigenvalue weighted by Gasteiger charge is 2.11. The quantitative estimate of drug-likeness (QED) is 0.382. The number of carbonyl (C=O) groups is 1. The number of pyridine rings is 1. The minimum absolute atomic E-state index is 0.0884. The Morgan fingerprint density at radius 2 is 1.63 bits per heavy atom. The summed E-state index contributed by atoms with van der Waals surface area (Å²) in [5.41, 5.74) is 4.23. The number of aromatic nitrogens is 3. The number of benzene rings is 2. The summed E-state index contributed by atoms with van der Waals surface area (Å²) >= 11 is 0. The number of para-hydroxylation sites is 1. The van der Waals surface area contributed by atoms with Crippen molar-refractivity contribution in [2.45, 2.75) is 0 Å². The fourth-order valence-corrected chi connectivity index (χ4v) is 2.81. The van der Waals surface area contributed by atoms with Gasteiger partial charge in [0.25, 0.3) is 0 Å². The summed E-state index contributed by atoms with van der Waals surface area (Å²) in [6.45, 7) is 0. The summed E-state index contributed by atoms with van der Waals surface area (Å²) in [6, 6.07) is 23.4. The number of rotatable bonds is 5. The lowest BCUT2D eigenvalue weighted by molar-refractivity contribution is 0.104. The van der Waals surface area contributed by atoms with Crippen molar-refractivity contribution in [1.29, 1.82) is 0 Å². The average Bonchev–Trinajstić information content (AvgIpc) is 3.18. The molecule has 0 saturated heterocycles. The molecule has 0 spiro atoms. The van der Waals surface area contributed by atoms with Crippen LogP contribution in [0.15, 0.2) is 97.5 Å². The van der Waals surface area contributed by atoms with Crippen molar-refractivity contribution in [3.63, 3.8) is 0 Å². The highest BCUT2D eigenvalue weighted by Crippen LogP contribution is 2.24. The summed E-state index contributed by atoms with van der Waals surface area (Å²) in [5.74, 6) is -0.0884. The van der Waals surface area contributed by atoms with Crippen LogP contribution >= 0.6 is 0 Å². The Morgan fingerprint density at radius 1 is 0.889 bits per heavy atom. The highest BCUT2D eigenvalue weighted by molar-refractivity contribution is 6.06. The molecule has 4 heteroatoms. The minimum atomic E-state index is -0.0884. The van der Waals surface area contributed by atoms with E-state index in [1.165, 1.54) is 0 Å². The number of hydrogen-bond acceptors (Lipinski definition) is 3. The van der Waals surface area contributed by atoms with E-state index in [0.29, 0.717) is 5.56 Å². The molecule has 0 saturated carbocycles. The zero-order valence-corrected chi connectivity index (χ0v) is 14.6. The molecular weight excluding hydrogens is 334 g/mol. The number of allylic oxidation sites excluding steroid dienone is 1. The number of hydrogen-bond donors (Lipinski definition) is 0. The Hall–Kier alpha value is -3.79. The topological polar surface area (TPSA) is 47.8 Å². The van der Waals surface area contributed by atoms with Gasteiger partial charge in [0.1, 0.15) is 0 Å². The van der Waals surface area contributed by atoms with E-state index in [2.05, 4.69) is 4.98 Å². The molecule has 27 heavy (non-hydrogen) atoms. The van der Waals surface area contributed by atoms with Crippen LogP contribution in [-0.4, -0.2) is 20.5 Å². The molecule has 0 N–H and O–H groups in total. The molecule has 2 aromatic carbocycles. The van der Waals surface area contributed by atoms with Crippen LogP contribution in [0, 0.1) is 0 Å². The Morgan fingerprint density at radius 3 is 2.33 bits per heavy atom. The maximum absolute atomic E-state index is 12.4. The van der Waals surface area contributed by atoms with Crippen molar-refractivity contribution >= 4 is 11.9 Å². The number of carbonyl (C=O) groups excluding carboxylic acids is 1. The molecule has 0 fully saturated rings. The number of nitrogens with zero attached hydrogens (tertiary/aromatic N) is 3. The van der Waals surface area contributed by atoms with E-state index in [1.807, 2.05) is 77.6 Å². The lowest BCUT2D eigenvalue weighted by Crippen LogP contribution is -1.94. The summed E-state index contributed by atoms with van der Waals surface area (Å²) in [6.07, 6.45) is 8.53. The van der Waals surface area contributed by atoms with E-state index in [9.17, 15) is 4.79 Å². The van der Waals surface area contributed by atoms with Crippen LogP contribution in [-0.2, 0) is 0 Å². The van der Waals surface area contributed by atoms with Crippen molar-refractivity contribution in [2.75, 3.05) is 0 Å². The Bertz CT molecular complexity index is 1070. The van der Waals surface area contributed by atoms with Gasteiger partial charge in [-0.3, -0.25) is 9.78 Å². The fourth-order valence-electron chi connectivity index (χ4n) is 2.81. The molecule has 0 atom stereocenters. The summed E-state index contributed by atoms with van der Waals surface area (Å²) in [5, 5.41) is 4.74. The molecule has 0 bridgehead atoms. The number of ketones is 1. The van der Waals surface area contributed by atoms with Crippen LogP contribution in [0.1, 0.15) is 15.9 Å². The SMILES string of the molecule is O=C(/C=C/c1cn(-c2ccccc2)nc1-c1ccccc1)c1cccnc1. The van der Waals surface area contributed by atoms with Gasteiger partial charge in [0.15, 0.2) is 5.78 Å². The van der Waals surface area contributed by atoms with Crippen molar-refractivity contribution in [1.82, 2.24) is 14.8 Å². The molecule has 0 aliphatic heterocycles. The lowest BCUT2D eigenvalue weighted by Gasteiger charge is -2.00. The average molecular weight is 351 g/mol. The smallest absolute Gasteiger partial charge is 0.187 e. The molecule has 0 aliphatic carbocycles. The molecule has 0 unspecified atom stereocenters. The zero-order chi connectivity index (χ0) is 18.5. The van der Waals surface area contributed by atoms with Crippen molar-refractivity contribution in [3.8, 4) is 16.9 Å². The van der Waals surface area contributed by atoms with Gasteiger partial charge in [-0.25, -0.2) is 4.68 Å². The van der Waals surface area contributed by atoms with Gasteiger partial charge in [-0.2, -0.15) is 5.10 Å². The first-order chi connectivity index (χ1) is 13.3. The van der Waals surface area contributed by atoms with Crippen LogP contribution in [0.5, 0.6) is 0 Å². The van der Waals surface area contributed by atoms with Gasteiger partial charge in [0.2, 0.25) is 0 Å². The second kappa shape index (κ2) is 7.62. The summed E-state index contributed by atoms with van der Waals surface area (Å²) < 4.78 is 1.83. The van der Waals surface area contributed by atoms with E-state index in [-0.39, 0.29) is 5.78 Å². The van der Waals surface area contributed by atoms with E-state index in [1.54, 1.807) is 30.6 Å². The molecule has 0 radical (unpaired) electrons. The molecule has 4 rings (SSSR count). The van der Waals surface area contributed by atoms with Crippen molar-refractivity contribution < 1.29 is 4.79 Å². The standard InChI is InChI=1S/C23H17N3O/c27-22(19-10-7-15-24-16-19)14-13-20-17-26(21-11-5-2-6-12-21)25-23(20)18-8-3-1-4-9-18/h1-17H/b14-13+. The van der Waals surface area contributed by atoms with Gasteiger partial charge in [-0.05, 0) is 36.4 Å². The van der Waals surface area contributed by atoms with Gasteiger partial charge in [-0.1, -0.05) is 48.5 Å². The molecule has 2 heterocycles. The maximum Gasteiger partial charge on any atom is 0.187 e. The molecular formula is C23H17N3O. The third-order valence-corrected chi connectivity index (χ3v) is 4.17. The monoisotopic (exact) mass is 351 g/mol. The van der Waals surface area contributed by atoms with Crippen molar-refractivity contribution in [2.24, 2.45) is 0 Å². The Balaban J connectivity index is 1.73. The normalized spacial score (nSPS) is 11.0. The minimum Gasteiger partial charge on any atom is -0.289 e. The third-order valence-electron chi connectivity index (χ3n) is 4.17. The predicted molar refractivity (Wildman–Crippen MR) is 107 cm³/mol. The van der Waals surface area contributed by atoms with Crippen LogP contribution in [0.25, 0.3) is 23.0 Å². The van der Waals surface area contributed by atoms with Gasteiger partial charge in [-0.15, -0.1) is 0 Å². The fraction of sp³-hybridized carbons (Fsp3) is 0. The zero-order valence-electron chi connectivity index (χ0n) is 14.6. The van der Waals surface area contributed by atoms with E-state index in [4.69, 9.17) is 5.10 Å². The summed E-state index contributed by atoms with van der Waals surface area (Å²) in [4.78, 5) is 16.4. The Labute approximate surface area is 157 Å². The maximum atomic E-state index is 12.4. The lowest BCUT2D eigenvalue weighted by atomic mass is 10.1. The van der Waals surface area contributed by atoms with Crippen LogP contribution in [0.3, 0.4) is 0 Å². The Kier molecular flexibility index (Phi) is 4.70. The molecule has 130 valence electrons. The second-order valence-electron chi connectivity index (χ2n) is 6.02. The van der Waals surface area contributed by atoms with Gasteiger partial charge in [0, 0.05) is 35.3 Å². The van der Waals surface area contributed by atoms with Gasteiger partial charge in [0.05, 0.1) is 11.4 Å². The van der Waals surface area contributed by atoms with E-state index >= 15 is 0 Å². The largest absolute Gasteiger partial charge is 0.289 e. The molecule has 2 aromatic heterocycles. The molecule has 0 amide bonds. The highest BCUT2D eigenvalue weighted by atomic mass is 16.1. The van der Waals surface area contributed by atoms with Crippen LogP contribution in [0.2, 0.25) is 0 Å². The first kappa shape index (κ1) is 16.7. The summed E-state index contributed by atoms with van der Waals surface area (Å²) in [7, 11) is 0. The van der Waals surface area contributed by atoms with Gasteiger partial charge >= 0.3 is 0 Å². The van der Waals surface area contributed by atoms with E-state index < -0.39 is 0 Å². The second-order valence-corrected chi connectivity index (χ2v) is 6.02. The molecule has 0 aliphatic rings. The van der Waals surface area contributed by atoms with Crippen LogP contribution < -0.4 is 0 Å². The first-order valence-corrected chi connectivity index (χ1v) is 8.64. The van der Waals surface area contributed by atoms with Crippen LogP contribution in [0.4, 0.5) is 0 Å². The van der Waals surface area contributed by atoms with Gasteiger partial charge < -0.3 is 0 Å².